The Balaban J connectivity index is 1.49. The summed E-state index contributed by atoms with van der Waals surface area (Å²) in [6.45, 7) is 6.21. The van der Waals surface area contributed by atoms with Gasteiger partial charge in [0, 0.05) is 32.0 Å². The minimum absolute atomic E-state index is 0.0266. The van der Waals surface area contributed by atoms with Gasteiger partial charge in [-0.15, -0.1) is 0 Å². The smallest absolute Gasteiger partial charge is 0.305 e. The number of hydrogen-bond donors (Lipinski definition) is 1. The van der Waals surface area contributed by atoms with E-state index in [0.717, 1.165) is 76.9 Å². The summed E-state index contributed by atoms with van der Waals surface area (Å²) in [6, 6.07) is 0. The zero-order chi connectivity index (χ0) is 29.8. The van der Waals surface area contributed by atoms with Crippen LogP contribution in [0.3, 0.4) is 0 Å². The topological polar surface area (TPSA) is 83.5 Å². The van der Waals surface area contributed by atoms with Gasteiger partial charge in [0.1, 0.15) is 0 Å². The van der Waals surface area contributed by atoms with Crippen molar-refractivity contribution in [2.45, 2.75) is 147 Å². The molecule has 4 aliphatic rings. The highest BCUT2D eigenvalue weighted by Gasteiger charge is 2.45. The molecule has 2 aliphatic carbocycles. The van der Waals surface area contributed by atoms with Crippen LogP contribution in [0.5, 0.6) is 0 Å². The summed E-state index contributed by atoms with van der Waals surface area (Å²) < 4.78 is 30.1. The Hall–Kier alpha value is -1.25. The van der Waals surface area contributed by atoms with E-state index in [0.29, 0.717) is 12.8 Å². The first-order valence-corrected chi connectivity index (χ1v) is 17.0. The third kappa shape index (κ3) is 9.88. The van der Waals surface area contributed by atoms with Gasteiger partial charge in [0.2, 0.25) is 0 Å². The van der Waals surface area contributed by atoms with Crippen LogP contribution in [0, 0.1) is 23.2 Å². The fraction of sp³-hybridized carbons (Fsp3) is 0.857. The molecule has 4 rings (SSSR count). The number of aliphatic hydroxyl groups excluding tert-OH is 1. The Kier molecular flexibility index (Phi) is 13.9. The number of allylic oxidation sites excluding steroid dienone is 2. The van der Waals surface area contributed by atoms with Crippen molar-refractivity contribution in [2.24, 2.45) is 23.2 Å². The van der Waals surface area contributed by atoms with Crippen LogP contribution in [-0.4, -0.2) is 62.3 Å². The van der Waals surface area contributed by atoms with Crippen LogP contribution < -0.4 is 0 Å². The first-order chi connectivity index (χ1) is 20.4. The molecule has 0 amide bonds. The van der Waals surface area contributed by atoms with Crippen molar-refractivity contribution in [3.05, 3.63) is 24.3 Å². The van der Waals surface area contributed by atoms with Gasteiger partial charge < -0.3 is 28.8 Å². The maximum absolute atomic E-state index is 11.4. The van der Waals surface area contributed by atoms with Gasteiger partial charge in [-0.2, -0.15) is 0 Å². The molecule has 0 spiro atoms. The van der Waals surface area contributed by atoms with Crippen LogP contribution in [-0.2, 0) is 28.5 Å². The second-order valence-corrected chi connectivity index (χ2v) is 13.5. The number of carbonyl (C=O) groups excluding carboxylic acids is 1. The van der Waals surface area contributed by atoms with Gasteiger partial charge in [-0.3, -0.25) is 4.79 Å². The van der Waals surface area contributed by atoms with E-state index >= 15 is 0 Å². The van der Waals surface area contributed by atoms with Crippen LogP contribution >= 0.6 is 0 Å². The summed E-state index contributed by atoms with van der Waals surface area (Å²) in [7, 11) is 1.43. The van der Waals surface area contributed by atoms with Crippen molar-refractivity contribution in [3.63, 3.8) is 0 Å². The fourth-order valence-electron chi connectivity index (χ4n) is 7.64. The maximum atomic E-state index is 11.4. The third-order valence-corrected chi connectivity index (χ3v) is 10.1. The van der Waals surface area contributed by atoms with E-state index in [2.05, 4.69) is 38.2 Å². The predicted octanol–water partition coefficient (Wildman–Crippen LogP) is 7.26. The van der Waals surface area contributed by atoms with E-state index in [1.54, 1.807) is 0 Å². The summed E-state index contributed by atoms with van der Waals surface area (Å²) in [6.07, 6.45) is 23.9. The minimum Gasteiger partial charge on any atom is -0.469 e. The third-order valence-electron chi connectivity index (χ3n) is 10.1. The summed E-state index contributed by atoms with van der Waals surface area (Å²) in [5, 5.41) is 11.2. The fourth-order valence-corrected chi connectivity index (χ4v) is 7.64. The summed E-state index contributed by atoms with van der Waals surface area (Å²) in [5.74, 6) is 0.719. The molecule has 0 radical (unpaired) electrons. The van der Waals surface area contributed by atoms with Crippen molar-refractivity contribution in [1.29, 1.82) is 0 Å². The monoisotopic (exact) mass is 590 g/mol. The zero-order valence-corrected chi connectivity index (χ0v) is 26.6. The molecule has 7 heteroatoms. The molecule has 2 saturated carbocycles. The van der Waals surface area contributed by atoms with Gasteiger partial charge >= 0.3 is 5.97 Å². The van der Waals surface area contributed by atoms with E-state index in [1.807, 2.05) is 0 Å². The van der Waals surface area contributed by atoms with Crippen molar-refractivity contribution >= 4 is 5.97 Å². The molecule has 240 valence electrons. The lowest BCUT2D eigenvalue weighted by Crippen LogP contribution is -2.37. The maximum Gasteiger partial charge on any atom is 0.305 e. The van der Waals surface area contributed by atoms with E-state index in [4.69, 9.17) is 23.7 Å². The van der Waals surface area contributed by atoms with Crippen molar-refractivity contribution in [3.8, 4) is 0 Å². The van der Waals surface area contributed by atoms with Gasteiger partial charge in [-0.1, -0.05) is 51.0 Å². The summed E-state index contributed by atoms with van der Waals surface area (Å²) in [4.78, 5) is 11.4. The molecular weight excluding hydrogens is 532 g/mol. The van der Waals surface area contributed by atoms with Gasteiger partial charge in [0.15, 0.2) is 12.6 Å². The highest BCUT2D eigenvalue weighted by atomic mass is 16.7. The average molecular weight is 591 g/mol. The number of hydrogen-bond acceptors (Lipinski definition) is 7. The highest BCUT2D eigenvalue weighted by Crippen LogP contribution is 2.48. The SMILES string of the molecule is CCCC1CCC(C)([C@@H](/C=C/[C@@H]2[C@@H](C/C=C\CCCC(=O)OC)[C@@H](O)C[C@H]2OC2CCCCO2)OC2CCCCO2)C1. The van der Waals surface area contributed by atoms with Gasteiger partial charge in [0.05, 0.1) is 25.4 Å². The normalized spacial score (nSPS) is 36.6. The minimum atomic E-state index is -0.440. The Morgan fingerprint density at radius 1 is 1.07 bits per heavy atom. The highest BCUT2D eigenvalue weighted by molar-refractivity contribution is 5.69. The average Bonchev–Trinajstić information content (AvgIpc) is 3.52. The van der Waals surface area contributed by atoms with Crippen LogP contribution in [0.1, 0.15) is 117 Å². The number of ether oxygens (including phenoxy) is 5. The molecule has 2 saturated heterocycles. The van der Waals surface area contributed by atoms with Crippen LogP contribution in [0.15, 0.2) is 24.3 Å². The molecule has 2 heterocycles. The lowest BCUT2D eigenvalue weighted by Gasteiger charge is -2.37. The number of rotatable bonds is 15. The predicted molar refractivity (Wildman–Crippen MR) is 164 cm³/mol. The van der Waals surface area contributed by atoms with E-state index in [-0.39, 0.29) is 48.0 Å². The molecule has 9 atom stereocenters. The molecule has 0 aromatic carbocycles. The van der Waals surface area contributed by atoms with Crippen molar-refractivity contribution in [2.75, 3.05) is 20.3 Å². The Labute approximate surface area is 254 Å². The quantitative estimate of drug-likeness (QED) is 0.122. The Morgan fingerprint density at radius 3 is 2.52 bits per heavy atom. The number of aliphatic hydroxyl groups is 1. The van der Waals surface area contributed by atoms with Crippen LogP contribution in [0.4, 0.5) is 0 Å². The Bertz CT molecular complexity index is 846. The molecule has 1 N–H and O–H groups in total. The molecule has 7 nitrogen and oxygen atoms in total. The van der Waals surface area contributed by atoms with Crippen molar-refractivity contribution in [1.82, 2.24) is 0 Å². The molecule has 42 heavy (non-hydrogen) atoms. The van der Waals surface area contributed by atoms with Gasteiger partial charge in [-0.05, 0) is 94.3 Å². The second-order valence-electron chi connectivity index (χ2n) is 13.5. The van der Waals surface area contributed by atoms with E-state index < -0.39 is 6.10 Å². The van der Waals surface area contributed by atoms with Crippen LogP contribution in [0.2, 0.25) is 0 Å². The van der Waals surface area contributed by atoms with Crippen LogP contribution in [0.25, 0.3) is 0 Å². The van der Waals surface area contributed by atoms with Crippen molar-refractivity contribution < 1.29 is 33.6 Å². The molecular formula is C35H58O7. The summed E-state index contributed by atoms with van der Waals surface area (Å²) >= 11 is 0. The largest absolute Gasteiger partial charge is 0.469 e. The lowest BCUT2D eigenvalue weighted by molar-refractivity contribution is -0.199. The first-order valence-electron chi connectivity index (χ1n) is 17.0. The number of unbranched alkanes of at least 4 members (excludes halogenated alkanes) is 1. The van der Waals surface area contributed by atoms with Gasteiger partial charge in [0.25, 0.3) is 0 Å². The number of carbonyl (C=O) groups is 1. The lowest BCUT2D eigenvalue weighted by atomic mass is 9.79. The Morgan fingerprint density at radius 2 is 1.83 bits per heavy atom. The van der Waals surface area contributed by atoms with E-state index in [1.165, 1.54) is 39.2 Å². The van der Waals surface area contributed by atoms with Gasteiger partial charge in [-0.25, -0.2) is 0 Å². The summed E-state index contributed by atoms with van der Waals surface area (Å²) in [5.41, 5.74) is 0.0756. The molecule has 0 aromatic heterocycles. The molecule has 0 bridgehead atoms. The zero-order valence-electron chi connectivity index (χ0n) is 26.6. The molecule has 0 aromatic rings. The number of methoxy groups -OCH3 is 1. The number of esters is 1. The standard InChI is InChI=1S/C35H58O7/c1-4-13-26-20-21-35(2,25-26)31(42-34-17-10-12-23-40-34)19-18-28-27(14-7-5-6-8-15-32(37)38-3)29(36)24-30(28)41-33-16-9-11-22-39-33/h5,7,18-19,26-31,33-34,36H,4,6,8-17,20-25H2,1-3H3/b7-5-,19-18+/t26?,27-,28-,29+,30-,31-,33?,34?,35?/m1/s1. The first kappa shape index (κ1) is 33.6. The molecule has 4 unspecified atom stereocenters. The second kappa shape index (κ2) is 17.3. The van der Waals surface area contributed by atoms with E-state index in [9.17, 15) is 9.90 Å². The molecule has 4 fully saturated rings. The molecule has 2 aliphatic heterocycles.